The quantitative estimate of drug-likeness (QED) is 0.711. The highest BCUT2D eigenvalue weighted by molar-refractivity contribution is 5.96. The van der Waals surface area contributed by atoms with Crippen LogP contribution in [0.5, 0.6) is 0 Å². The minimum atomic E-state index is -0.0600. The molecule has 1 fully saturated rings. The standard InChI is InChI=1S/C20H19N3O3/c24-20(16-9-13-3-1-2-4-14(13)10-21-16)23-7-5-18-17(11-23)22-19(26-18)15-6-8-25-12-15/h1-4,9-10,15H,5-8,11-12H2. The molecule has 2 aromatic heterocycles. The Morgan fingerprint density at radius 2 is 2.12 bits per heavy atom. The molecule has 1 saturated heterocycles. The molecule has 2 aliphatic rings. The van der Waals surface area contributed by atoms with E-state index in [1.165, 1.54) is 0 Å². The molecule has 0 N–H and O–H groups in total. The van der Waals surface area contributed by atoms with Crippen LogP contribution in [-0.4, -0.2) is 40.5 Å². The summed E-state index contributed by atoms with van der Waals surface area (Å²) in [7, 11) is 0. The molecule has 5 rings (SSSR count). The fraction of sp³-hybridized carbons (Fsp3) is 0.350. The molecule has 6 heteroatoms. The first-order valence-electron chi connectivity index (χ1n) is 8.98. The van der Waals surface area contributed by atoms with Crippen LogP contribution in [0.3, 0.4) is 0 Å². The van der Waals surface area contributed by atoms with E-state index < -0.39 is 0 Å². The minimum absolute atomic E-state index is 0.0600. The van der Waals surface area contributed by atoms with Crippen LogP contribution < -0.4 is 0 Å². The van der Waals surface area contributed by atoms with Gasteiger partial charge in [-0.3, -0.25) is 9.78 Å². The second-order valence-corrected chi connectivity index (χ2v) is 6.88. The first kappa shape index (κ1) is 15.5. The third-order valence-electron chi connectivity index (χ3n) is 5.16. The van der Waals surface area contributed by atoms with Gasteiger partial charge in [0.15, 0.2) is 5.89 Å². The Morgan fingerprint density at radius 1 is 1.23 bits per heavy atom. The summed E-state index contributed by atoms with van der Waals surface area (Å²) in [5.74, 6) is 1.84. The summed E-state index contributed by atoms with van der Waals surface area (Å²) in [5.41, 5.74) is 1.34. The molecule has 0 aliphatic carbocycles. The van der Waals surface area contributed by atoms with E-state index in [-0.39, 0.29) is 11.8 Å². The van der Waals surface area contributed by atoms with Crippen molar-refractivity contribution in [2.75, 3.05) is 19.8 Å². The van der Waals surface area contributed by atoms with E-state index >= 15 is 0 Å². The van der Waals surface area contributed by atoms with Crippen molar-refractivity contribution in [3.8, 4) is 0 Å². The van der Waals surface area contributed by atoms with E-state index in [1.54, 1.807) is 11.1 Å². The number of oxazole rings is 1. The van der Waals surface area contributed by atoms with Crippen molar-refractivity contribution in [2.24, 2.45) is 0 Å². The highest BCUT2D eigenvalue weighted by Gasteiger charge is 2.30. The molecular weight excluding hydrogens is 330 g/mol. The average molecular weight is 349 g/mol. The van der Waals surface area contributed by atoms with Crippen molar-refractivity contribution < 1.29 is 13.9 Å². The third-order valence-corrected chi connectivity index (χ3v) is 5.16. The summed E-state index contributed by atoms with van der Waals surface area (Å²) in [6, 6.07) is 9.78. The lowest BCUT2D eigenvalue weighted by Crippen LogP contribution is -2.36. The van der Waals surface area contributed by atoms with Gasteiger partial charge in [-0.05, 0) is 17.9 Å². The Kier molecular flexibility index (Phi) is 3.71. The number of aromatic nitrogens is 2. The topological polar surface area (TPSA) is 68.5 Å². The van der Waals surface area contributed by atoms with Crippen molar-refractivity contribution in [3.63, 3.8) is 0 Å². The van der Waals surface area contributed by atoms with Crippen LogP contribution in [0, 0.1) is 0 Å². The number of ether oxygens (including phenoxy) is 1. The monoisotopic (exact) mass is 349 g/mol. The Bertz CT molecular complexity index is 975. The van der Waals surface area contributed by atoms with Crippen molar-refractivity contribution >= 4 is 16.7 Å². The number of rotatable bonds is 2. The summed E-state index contributed by atoms with van der Waals surface area (Å²) in [6.07, 6.45) is 3.39. The van der Waals surface area contributed by atoms with E-state index in [1.807, 2.05) is 30.3 Å². The van der Waals surface area contributed by atoms with Gasteiger partial charge in [-0.2, -0.15) is 0 Å². The number of amides is 1. The van der Waals surface area contributed by atoms with Gasteiger partial charge in [0.05, 0.1) is 19.1 Å². The molecule has 1 atom stereocenters. The maximum absolute atomic E-state index is 12.9. The summed E-state index contributed by atoms with van der Waals surface area (Å²) in [5, 5.41) is 2.05. The Morgan fingerprint density at radius 3 is 2.96 bits per heavy atom. The first-order valence-corrected chi connectivity index (χ1v) is 8.98. The van der Waals surface area contributed by atoms with Crippen molar-refractivity contribution in [1.29, 1.82) is 0 Å². The SMILES string of the molecule is O=C(c1cc2ccccc2cn1)N1CCc2oc(C3CCOC3)nc2C1. The van der Waals surface area contributed by atoms with Crippen LogP contribution in [0.25, 0.3) is 10.8 Å². The molecule has 0 radical (unpaired) electrons. The van der Waals surface area contributed by atoms with Gasteiger partial charge in [0, 0.05) is 31.2 Å². The van der Waals surface area contributed by atoms with Gasteiger partial charge in [0.1, 0.15) is 17.1 Å². The van der Waals surface area contributed by atoms with Gasteiger partial charge >= 0.3 is 0 Å². The number of pyridine rings is 1. The number of fused-ring (bicyclic) bond motifs is 2. The van der Waals surface area contributed by atoms with Crippen molar-refractivity contribution in [1.82, 2.24) is 14.9 Å². The Balaban J connectivity index is 1.38. The zero-order valence-corrected chi connectivity index (χ0v) is 14.4. The van der Waals surface area contributed by atoms with Gasteiger partial charge in [-0.1, -0.05) is 24.3 Å². The molecular formula is C20H19N3O3. The van der Waals surface area contributed by atoms with Crippen LogP contribution in [-0.2, 0) is 17.7 Å². The highest BCUT2D eigenvalue weighted by Crippen LogP contribution is 2.29. The van der Waals surface area contributed by atoms with Crippen LogP contribution in [0.15, 0.2) is 40.9 Å². The molecule has 1 unspecified atom stereocenters. The fourth-order valence-corrected chi connectivity index (χ4v) is 3.66. The minimum Gasteiger partial charge on any atom is -0.445 e. The third kappa shape index (κ3) is 2.66. The van der Waals surface area contributed by atoms with Gasteiger partial charge < -0.3 is 14.1 Å². The lowest BCUT2D eigenvalue weighted by atomic mass is 10.1. The van der Waals surface area contributed by atoms with E-state index in [2.05, 4.69) is 9.97 Å². The number of nitrogens with zero attached hydrogens (tertiary/aromatic N) is 3. The average Bonchev–Trinajstić information content (AvgIpc) is 3.35. The molecule has 0 bridgehead atoms. The predicted molar refractivity (Wildman–Crippen MR) is 94.9 cm³/mol. The van der Waals surface area contributed by atoms with Gasteiger partial charge in [0.25, 0.3) is 5.91 Å². The molecule has 0 spiro atoms. The number of hydrogen-bond acceptors (Lipinski definition) is 5. The highest BCUT2D eigenvalue weighted by atomic mass is 16.5. The lowest BCUT2D eigenvalue weighted by molar-refractivity contribution is 0.0722. The second-order valence-electron chi connectivity index (χ2n) is 6.88. The normalized spacial score (nSPS) is 19.7. The fourth-order valence-electron chi connectivity index (χ4n) is 3.66. The van der Waals surface area contributed by atoms with Crippen LogP contribution in [0.4, 0.5) is 0 Å². The molecule has 6 nitrogen and oxygen atoms in total. The Hall–Kier alpha value is -2.73. The maximum atomic E-state index is 12.9. The maximum Gasteiger partial charge on any atom is 0.272 e. The predicted octanol–water partition coefficient (Wildman–Crippen LogP) is 2.93. The largest absolute Gasteiger partial charge is 0.445 e. The summed E-state index contributed by atoms with van der Waals surface area (Å²) in [4.78, 5) is 23.7. The number of hydrogen-bond donors (Lipinski definition) is 0. The smallest absolute Gasteiger partial charge is 0.272 e. The number of carbonyl (C=O) groups excluding carboxylic acids is 1. The zero-order chi connectivity index (χ0) is 17.5. The summed E-state index contributed by atoms with van der Waals surface area (Å²) < 4.78 is 11.4. The van der Waals surface area contributed by atoms with Gasteiger partial charge in [-0.25, -0.2) is 4.98 Å². The molecule has 3 aromatic rings. The molecule has 2 aliphatic heterocycles. The Labute approximate surface area is 150 Å². The first-order chi connectivity index (χ1) is 12.8. The van der Waals surface area contributed by atoms with Crippen LogP contribution in [0.2, 0.25) is 0 Å². The molecule has 1 aromatic carbocycles. The van der Waals surface area contributed by atoms with E-state index in [0.717, 1.165) is 41.1 Å². The molecule has 0 saturated carbocycles. The van der Waals surface area contributed by atoms with E-state index in [9.17, 15) is 4.79 Å². The van der Waals surface area contributed by atoms with E-state index in [4.69, 9.17) is 9.15 Å². The van der Waals surface area contributed by atoms with E-state index in [0.29, 0.717) is 31.8 Å². The van der Waals surface area contributed by atoms with Crippen LogP contribution in [0.1, 0.15) is 40.2 Å². The van der Waals surface area contributed by atoms with Gasteiger partial charge in [0.2, 0.25) is 0 Å². The lowest BCUT2D eigenvalue weighted by Gasteiger charge is -2.25. The second kappa shape index (κ2) is 6.21. The summed E-state index contributed by atoms with van der Waals surface area (Å²) in [6.45, 7) is 2.52. The number of carbonyl (C=O) groups is 1. The van der Waals surface area contributed by atoms with Crippen molar-refractivity contribution in [3.05, 3.63) is 59.6 Å². The van der Waals surface area contributed by atoms with Crippen molar-refractivity contribution in [2.45, 2.75) is 25.3 Å². The molecule has 1 amide bonds. The molecule has 132 valence electrons. The number of benzene rings is 1. The molecule has 26 heavy (non-hydrogen) atoms. The van der Waals surface area contributed by atoms with Gasteiger partial charge in [-0.15, -0.1) is 0 Å². The van der Waals surface area contributed by atoms with Crippen LogP contribution >= 0.6 is 0 Å². The zero-order valence-electron chi connectivity index (χ0n) is 14.4. The molecule has 4 heterocycles. The summed E-state index contributed by atoms with van der Waals surface area (Å²) >= 11 is 0.